The lowest BCUT2D eigenvalue weighted by molar-refractivity contribution is -0.120. The van der Waals surface area contributed by atoms with E-state index in [1.165, 1.54) is 4.31 Å². The zero-order valence-corrected chi connectivity index (χ0v) is 20.1. The van der Waals surface area contributed by atoms with Crippen LogP contribution in [-0.4, -0.2) is 36.7 Å². The number of hydrogen-bond donors (Lipinski definition) is 1. The number of aryl methyl sites for hydroxylation is 3. The predicted molar refractivity (Wildman–Crippen MR) is 124 cm³/mol. The number of benzene rings is 1. The highest BCUT2D eigenvalue weighted by molar-refractivity contribution is 7.89. The van der Waals surface area contributed by atoms with E-state index in [1.54, 1.807) is 12.1 Å². The van der Waals surface area contributed by atoms with Gasteiger partial charge in [0, 0.05) is 24.7 Å². The molecule has 0 bridgehead atoms. The van der Waals surface area contributed by atoms with E-state index in [2.05, 4.69) is 31.1 Å². The zero-order chi connectivity index (χ0) is 23.0. The van der Waals surface area contributed by atoms with Crippen LogP contribution in [0.15, 0.2) is 35.2 Å². The second kappa shape index (κ2) is 8.71. The van der Waals surface area contributed by atoms with Crippen molar-refractivity contribution in [2.75, 3.05) is 18.4 Å². The van der Waals surface area contributed by atoms with Crippen LogP contribution in [0.1, 0.15) is 56.1 Å². The van der Waals surface area contributed by atoms with Crippen molar-refractivity contribution in [3.8, 4) is 0 Å². The maximum atomic E-state index is 13.1. The molecule has 0 aliphatic carbocycles. The molecule has 1 aromatic heterocycles. The maximum absolute atomic E-state index is 13.1. The summed E-state index contributed by atoms with van der Waals surface area (Å²) in [6.07, 6.45) is 1.01. The number of pyridine rings is 1. The van der Waals surface area contributed by atoms with Crippen molar-refractivity contribution in [2.24, 2.45) is 5.92 Å². The van der Waals surface area contributed by atoms with Gasteiger partial charge in [-0.05, 0) is 68.4 Å². The maximum Gasteiger partial charge on any atom is 0.243 e. The van der Waals surface area contributed by atoms with E-state index in [0.717, 1.165) is 28.2 Å². The summed E-state index contributed by atoms with van der Waals surface area (Å²) >= 11 is 0. The number of amides is 1. The Balaban J connectivity index is 1.65. The number of carbonyl (C=O) groups is 1. The van der Waals surface area contributed by atoms with Gasteiger partial charge in [0.2, 0.25) is 15.9 Å². The van der Waals surface area contributed by atoms with Crippen LogP contribution >= 0.6 is 0 Å². The first-order chi connectivity index (χ1) is 14.4. The van der Waals surface area contributed by atoms with Gasteiger partial charge < -0.3 is 5.32 Å². The molecule has 0 unspecified atom stereocenters. The number of carbonyl (C=O) groups excluding carboxylic acids is 1. The number of aromatic nitrogens is 1. The third-order valence-electron chi connectivity index (χ3n) is 5.96. The minimum absolute atomic E-state index is 0.0301. The van der Waals surface area contributed by atoms with Crippen molar-refractivity contribution in [3.63, 3.8) is 0 Å². The Morgan fingerprint density at radius 1 is 1.06 bits per heavy atom. The van der Waals surface area contributed by atoms with Crippen LogP contribution in [0.5, 0.6) is 0 Å². The first-order valence-electron chi connectivity index (χ1n) is 10.8. The second-order valence-electron chi connectivity index (χ2n) is 9.48. The molecular formula is C24H33N3O3S. The zero-order valence-electron chi connectivity index (χ0n) is 19.3. The summed E-state index contributed by atoms with van der Waals surface area (Å²) in [7, 11) is -3.56. The molecule has 1 aliphatic rings. The van der Waals surface area contributed by atoms with E-state index in [9.17, 15) is 13.2 Å². The average Bonchev–Trinajstić information content (AvgIpc) is 2.70. The Morgan fingerprint density at radius 2 is 1.65 bits per heavy atom. The number of piperidine rings is 1. The first-order valence-corrected chi connectivity index (χ1v) is 12.2. The van der Waals surface area contributed by atoms with Crippen molar-refractivity contribution in [3.05, 3.63) is 52.8 Å². The van der Waals surface area contributed by atoms with Gasteiger partial charge >= 0.3 is 0 Å². The average molecular weight is 444 g/mol. The fraction of sp³-hybridized carbons (Fsp3) is 0.500. The molecule has 168 valence electrons. The molecule has 1 fully saturated rings. The summed E-state index contributed by atoms with van der Waals surface area (Å²) in [5.74, 6) is -0.279. The van der Waals surface area contributed by atoms with Crippen molar-refractivity contribution >= 4 is 21.6 Å². The third-order valence-corrected chi connectivity index (χ3v) is 7.87. The number of rotatable bonds is 4. The fourth-order valence-electron chi connectivity index (χ4n) is 4.07. The Kier molecular flexibility index (Phi) is 6.58. The minimum atomic E-state index is -3.56. The molecule has 0 radical (unpaired) electrons. The molecule has 1 N–H and O–H groups in total. The summed E-state index contributed by atoms with van der Waals surface area (Å²) in [6, 6.07) is 9.08. The largest absolute Gasteiger partial charge is 0.324 e. The molecule has 6 nitrogen and oxygen atoms in total. The van der Waals surface area contributed by atoms with E-state index in [4.69, 9.17) is 0 Å². The molecule has 0 spiro atoms. The van der Waals surface area contributed by atoms with Crippen LogP contribution in [-0.2, 0) is 20.2 Å². The molecule has 2 aromatic rings. The van der Waals surface area contributed by atoms with Crippen LogP contribution < -0.4 is 5.32 Å². The van der Waals surface area contributed by atoms with Crippen molar-refractivity contribution in [1.29, 1.82) is 0 Å². The van der Waals surface area contributed by atoms with Gasteiger partial charge in [0.25, 0.3) is 0 Å². The summed E-state index contributed by atoms with van der Waals surface area (Å²) < 4.78 is 27.6. The van der Waals surface area contributed by atoms with Crippen LogP contribution in [0.25, 0.3) is 0 Å². The number of sulfonamides is 1. The number of nitrogens with one attached hydrogen (secondary N) is 1. The molecule has 2 heterocycles. The van der Waals surface area contributed by atoms with Gasteiger partial charge in [-0.1, -0.05) is 32.9 Å². The molecule has 0 saturated carbocycles. The standard InChI is InChI=1S/C24H33N3O3S/c1-16-15-17(2)25-18(3)22(16)26-23(28)19-11-13-27(14-12-19)31(29,30)21-9-7-20(8-10-21)24(4,5)6/h7-10,15,19H,11-14H2,1-6H3,(H,26,28). The highest BCUT2D eigenvalue weighted by atomic mass is 32.2. The second-order valence-corrected chi connectivity index (χ2v) is 11.4. The van der Waals surface area contributed by atoms with Gasteiger partial charge in [0.05, 0.1) is 16.3 Å². The molecule has 31 heavy (non-hydrogen) atoms. The van der Waals surface area contributed by atoms with Gasteiger partial charge in [-0.15, -0.1) is 0 Å². The highest BCUT2D eigenvalue weighted by Crippen LogP contribution is 2.28. The molecule has 1 saturated heterocycles. The smallest absolute Gasteiger partial charge is 0.243 e. The molecule has 0 atom stereocenters. The Hall–Kier alpha value is -2.25. The summed E-state index contributed by atoms with van der Waals surface area (Å²) in [5.41, 5.74) is 4.52. The fourth-order valence-corrected chi connectivity index (χ4v) is 5.54. The van der Waals surface area contributed by atoms with E-state index < -0.39 is 10.0 Å². The normalized spacial score (nSPS) is 16.3. The van der Waals surface area contributed by atoms with Gasteiger partial charge in [0.1, 0.15) is 0 Å². The quantitative estimate of drug-likeness (QED) is 0.762. The van der Waals surface area contributed by atoms with E-state index in [0.29, 0.717) is 30.8 Å². The monoisotopic (exact) mass is 443 g/mol. The number of nitrogens with zero attached hydrogens (tertiary/aromatic N) is 2. The van der Waals surface area contributed by atoms with Crippen LogP contribution in [0.4, 0.5) is 5.69 Å². The summed E-state index contributed by atoms with van der Waals surface area (Å²) in [5, 5.41) is 3.01. The molecule has 3 rings (SSSR count). The lowest BCUT2D eigenvalue weighted by Crippen LogP contribution is -2.41. The van der Waals surface area contributed by atoms with E-state index in [1.807, 2.05) is 39.0 Å². The summed E-state index contributed by atoms with van der Waals surface area (Å²) in [6.45, 7) is 12.7. The predicted octanol–water partition coefficient (Wildman–Crippen LogP) is 4.34. The van der Waals surface area contributed by atoms with Crippen LogP contribution in [0.3, 0.4) is 0 Å². The van der Waals surface area contributed by atoms with Crippen molar-refractivity contribution in [2.45, 2.75) is 64.7 Å². The molecule has 1 amide bonds. The van der Waals surface area contributed by atoms with Gasteiger partial charge in [-0.25, -0.2) is 8.42 Å². The minimum Gasteiger partial charge on any atom is -0.324 e. The van der Waals surface area contributed by atoms with Crippen molar-refractivity contribution in [1.82, 2.24) is 9.29 Å². The third kappa shape index (κ3) is 5.15. The SMILES string of the molecule is Cc1cc(C)c(NC(=O)C2CCN(S(=O)(=O)c3ccc(C(C)(C)C)cc3)CC2)c(C)n1. The lowest BCUT2D eigenvalue weighted by Gasteiger charge is -2.31. The molecule has 1 aromatic carbocycles. The molecular weight excluding hydrogens is 410 g/mol. The van der Waals surface area contributed by atoms with Gasteiger partial charge in [-0.2, -0.15) is 4.31 Å². The van der Waals surface area contributed by atoms with Crippen LogP contribution in [0.2, 0.25) is 0 Å². The molecule has 1 aliphatic heterocycles. The van der Waals surface area contributed by atoms with Gasteiger partial charge in [-0.3, -0.25) is 9.78 Å². The Bertz CT molecular complexity index is 1040. The first kappa shape index (κ1) is 23.4. The Morgan fingerprint density at radius 3 is 2.16 bits per heavy atom. The Labute approximate surface area is 186 Å². The number of anilines is 1. The van der Waals surface area contributed by atoms with Crippen molar-refractivity contribution < 1.29 is 13.2 Å². The molecule has 7 heteroatoms. The van der Waals surface area contributed by atoms with Gasteiger partial charge in [0.15, 0.2) is 0 Å². The number of hydrogen-bond acceptors (Lipinski definition) is 4. The lowest BCUT2D eigenvalue weighted by atomic mass is 9.87. The van der Waals surface area contributed by atoms with Crippen LogP contribution in [0, 0.1) is 26.7 Å². The highest BCUT2D eigenvalue weighted by Gasteiger charge is 2.32. The summed E-state index contributed by atoms with van der Waals surface area (Å²) in [4.78, 5) is 17.5. The van der Waals surface area contributed by atoms with E-state index >= 15 is 0 Å². The topological polar surface area (TPSA) is 79.4 Å². The van der Waals surface area contributed by atoms with E-state index in [-0.39, 0.29) is 17.2 Å².